The fourth-order valence-electron chi connectivity index (χ4n) is 2.84. The average molecular weight is 458 g/mol. The van der Waals surface area contributed by atoms with Crippen molar-refractivity contribution in [3.8, 4) is 11.5 Å². The number of carbonyl (C=O) groups excluding carboxylic acids is 1. The van der Waals surface area contributed by atoms with Crippen molar-refractivity contribution in [3.63, 3.8) is 0 Å². The standard InChI is InChI=1S/C22H23N3O6S/c1-14(24-25-32(27,28)18-9-10-20(29-3)21(13-18)30-4)16-5-7-17(8-6-16)23-22(26)19-11-12-31-15(19)2/h5-13,25H,1-4H3,(H,23,26)/b24-14-. The Morgan fingerprint density at radius 1 is 1.00 bits per heavy atom. The third kappa shape index (κ3) is 5.09. The van der Waals surface area contributed by atoms with E-state index in [9.17, 15) is 13.2 Å². The Kier molecular flexibility index (Phi) is 6.84. The molecule has 0 aliphatic carbocycles. The molecule has 0 radical (unpaired) electrons. The minimum absolute atomic E-state index is 0.0145. The lowest BCUT2D eigenvalue weighted by molar-refractivity contribution is 0.102. The number of nitrogens with zero attached hydrogens (tertiary/aromatic N) is 1. The van der Waals surface area contributed by atoms with E-state index < -0.39 is 10.0 Å². The van der Waals surface area contributed by atoms with Crippen molar-refractivity contribution >= 4 is 27.3 Å². The zero-order valence-corrected chi connectivity index (χ0v) is 18.8. The smallest absolute Gasteiger partial charge is 0.276 e. The molecular weight excluding hydrogens is 434 g/mol. The first-order chi connectivity index (χ1) is 15.2. The molecule has 1 amide bonds. The second-order valence-electron chi connectivity index (χ2n) is 6.73. The fraction of sp³-hybridized carbons (Fsp3) is 0.182. The maximum atomic E-state index is 12.6. The maximum absolute atomic E-state index is 12.6. The number of nitrogens with one attached hydrogen (secondary N) is 2. The van der Waals surface area contributed by atoms with Crippen LogP contribution in [-0.2, 0) is 10.0 Å². The second kappa shape index (κ2) is 9.56. The van der Waals surface area contributed by atoms with Gasteiger partial charge in [-0.05, 0) is 49.7 Å². The minimum Gasteiger partial charge on any atom is -0.493 e. The lowest BCUT2D eigenvalue weighted by Gasteiger charge is -2.10. The molecule has 0 fully saturated rings. The summed E-state index contributed by atoms with van der Waals surface area (Å²) in [6, 6.07) is 12.7. The molecule has 0 bridgehead atoms. The summed E-state index contributed by atoms with van der Waals surface area (Å²) in [5, 5.41) is 6.77. The van der Waals surface area contributed by atoms with Crippen molar-refractivity contribution in [1.82, 2.24) is 4.83 Å². The van der Waals surface area contributed by atoms with Crippen LogP contribution < -0.4 is 19.6 Å². The van der Waals surface area contributed by atoms with Gasteiger partial charge in [0.25, 0.3) is 15.9 Å². The number of sulfonamides is 1. The van der Waals surface area contributed by atoms with Crippen LogP contribution in [0.5, 0.6) is 11.5 Å². The molecule has 9 nitrogen and oxygen atoms in total. The van der Waals surface area contributed by atoms with Gasteiger partial charge in [0.15, 0.2) is 11.5 Å². The predicted molar refractivity (Wildman–Crippen MR) is 120 cm³/mol. The SMILES string of the molecule is COc1ccc(S(=O)(=O)N/N=C(/C)c2ccc(NC(=O)c3ccoc3C)cc2)cc1OC. The van der Waals surface area contributed by atoms with Gasteiger partial charge in [-0.1, -0.05) is 12.1 Å². The van der Waals surface area contributed by atoms with E-state index in [0.717, 1.165) is 0 Å². The molecule has 0 aliphatic rings. The van der Waals surface area contributed by atoms with Gasteiger partial charge in [0.2, 0.25) is 0 Å². The number of methoxy groups -OCH3 is 2. The average Bonchev–Trinajstić information content (AvgIpc) is 3.23. The van der Waals surface area contributed by atoms with Crippen LogP contribution in [0.1, 0.15) is 28.6 Å². The summed E-state index contributed by atoms with van der Waals surface area (Å²) in [5.41, 5.74) is 2.16. The molecule has 1 aromatic heterocycles. The predicted octanol–water partition coefficient (Wildman–Crippen LogP) is 3.56. The lowest BCUT2D eigenvalue weighted by Crippen LogP contribution is -2.20. The number of hydrogen-bond donors (Lipinski definition) is 2. The molecule has 2 aromatic carbocycles. The highest BCUT2D eigenvalue weighted by Gasteiger charge is 2.17. The summed E-state index contributed by atoms with van der Waals surface area (Å²) in [7, 11) is -1.02. The first-order valence-electron chi connectivity index (χ1n) is 9.49. The quantitative estimate of drug-likeness (QED) is 0.394. The molecule has 2 N–H and O–H groups in total. The summed E-state index contributed by atoms with van der Waals surface area (Å²) in [6.07, 6.45) is 1.45. The van der Waals surface area contributed by atoms with Crippen LogP contribution in [0.3, 0.4) is 0 Å². The molecule has 0 spiro atoms. The molecule has 3 aromatic rings. The Morgan fingerprint density at radius 3 is 2.28 bits per heavy atom. The monoisotopic (exact) mass is 457 g/mol. The molecule has 0 saturated heterocycles. The second-order valence-corrected chi connectivity index (χ2v) is 8.39. The molecule has 0 atom stereocenters. The van der Waals surface area contributed by atoms with E-state index in [2.05, 4.69) is 15.2 Å². The van der Waals surface area contributed by atoms with E-state index in [1.54, 1.807) is 44.2 Å². The van der Waals surface area contributed by atoms with E-state index in [1.165, 1.54) is 38.7 Å². The zero-order valence-electron chi connectivity index (χ0n) is 18.0. The normalized spacial score (nSPS) is 11.7. The summed E-state index contributed by atoms with van der Waals surface area (Å²) < 4.78 is 40.6. The molecule has 3 rings (SSSR count). The summed E-state index contributed by atoms with van der Waals surface area (Å²) >= 11 is 0. The highest BCUT2D eigenvalue weighted by atomic mass is 32.2. The van der Waals surface area contributed by atoms with Crippen LogP contribution in [-0.4, -0.2) is 34.3 Å². The Morgan fingerprint density at radius 2 is 1.69 bits per heavy atom. The number of hydrogen-bond acceptors (Lipinski definition) is 7. The van der Waals surface area contributed by atoms with Gasteiger partial charge in [-0.3, -0.25) is 4.79 Å². The van der Waals surface area contributed by atoms with Crippen LogP contribution in [0.25, 0.3) is 0 Å². The van der Waals surface area contributed by atoms with Crippen molar-refractivity contribution in [3.05, 3.63) is 71.7 Å². The van der Waals surface area contributed by atoms with Crippen molar-refractivity contribution < 1.29 is 27.1 Å². The van der Waals surface area contributed by atoms with Gasteiger partial charge >= 0.3 is 0 Å². The van der Waals surface area contributed by atoms with Gasteiger partial charge in [-0.25, -0.2) is 0 Å². The number of rotatable bonds is 8. The van der Waals surface area contributed by atoms with Crippen LogP contribution in [0.15, 0.2) is 69.2 Å². The Hall–Kier alpha value is -3.79. The van der Waals surface area contributed by atoms with E-state index in [1.807, 2.05) is 0 Å². The first-order valence-corrected chi connectivity index (χ1v) is 11.0. The number of hydrazone groups is 1. The highest BCUT2D eigenvalue weighted by molar-refractivity contribution is 7.89. The summed E-state index contributed by atoms with van der Waals surface area (Å²) in [6.45, 7) is 3.38. The van der Waals surface area contributed by atoms with Gasteiger partial charge < -0.3 is 19.2 Å². The van der Waals surface area contributed by atoms with Gasteiger partial charge in [0.1, 0.15) is 5.76 Å². The Balaban J connectivity index is 1.70. The molecule has 0 unspecified atom stereocenters. The van der Waals surface area contributed by atoms with Crippen LogP contribution in [0.4, 0.5) is 5.69 Å². The molecule has 0 aliphatic heterocycles. The molecule has 168 valence electrons. The van der Waals surface area contributed by atoms with E-state index in [0.29, 0.717) is 39.8 Å². The third-order valence-electron chi connectivity index (χ3n) is 4.66. The number of furan rings is 1. The van der Waals surface area contributed by atoms with E-state index in [4.69, 9.17) is 13.9 Å². The van der Waals surface area contributed by atoms with Crippen molar-refractivity contribution in [1.29, 1.82) is 0 Å². The largest absolute Gasteiger partial charge is 0.493 e. The first kappa shape index (κ1) is 22.9. The van der Waals surface area contributed by atoms with Gasteiger partial charge in [-0.15, -0.1) is 0 Å². The van der Waals surface area contributed by atoms with Crippen molar-refractivity contribution in [2.24, 2.45) is 5.10 Å². The Labute approximate surface area is 186 Å². The Bertz CT molecular complexity index is 1250. The molecule has 0 saturated carbocycles. The highest BCUT2D eigenvalue weighted by Crippen LogP contribution is 2.29. The van der Waals surface area contributed by atoms with Crippen LogP contribution >= 0.6 is 0 Å². The molecule has 1 heterocycles. The maximum Gasteiger partial charge on any atom is 0.276 e. The van der Waals surface area contributed by atoms with Gasteiger partial charge in [0.05, 0.1) is 36.7 Å². The number of anilines is 1. The third-order valence-corrected chi connectivity index (χ3v) is 5.87. The summed E-state index contributed by atoms with van der Waals surface area (Å²) in [5.74, 6) is 0.960. The number of carbonyl (C=O) groups is 1. The number of amides is 1. The van der Waals surface area contributed by atoms with E-state index >= 15 is 0 Å². The molecule has 10 heteroatoms. The topological polar surface area (TPSA) is 119 Å². The fourth-order valence-corrected chi connectivity index (χ4v) is 3.72. The number of benzene rings is 2. The molecular formula is C22H23N3O6S. The zero-order chi connectivity index (χ0) is 23.3. The van der Waals surface area contributed by atoms with E-state index in [-0.39, 0.29) is 10.8 Å². The number of aryl methyl sites for hydroxylation is 1. The lowest BCUT2D eigenvalue weighted by atomic mass is 10.1. The van der Waals surface area contributed by atoms with Crippen LogP contribution in [0, 0.1) is 6.92 Å². The van der Waals surface area contributed by atoms with Crippen molar-refractivity contribution in [2.75, 3.05) is 19.5 Å². The van der Waals surface area contributed by atoms with Gasteiger partial charge in [-0.2, -0.15) is 18.4 Å². The van der Waals surface area contributed by atoms with Crippen molar-refractivity contribution in [2.45, 2.75) is 18.7 Å². The number of ether oxygens (including phenoxy) is 2. The van der Waals surface area contributed by atoms with Crippen LogP contribution in [0.2, 0.25) is 0 Å². The summed E-state index contributed by atoms with van der Waals surface area (Å²) in [4.78, 5) is 14.5. The minimum atomic E-state index is -3.91. The van der Waals surface area contributed by atoms with Gasteiger partial charge in [0, 0.05) is 11.8 Å². The molecule has 32 heavy (non-hydrogen) atoms.